The molecule has 0 aromatic heterocycles. The van der Waals surface area contributed by atoms with Crippen LogP contribution in [0.5, 0.6) is 11.5 Å². The monoisotopic (exact) mass is 555 g/mol. The number of halogens is 2. The summed E-state index contributed by atoms with van der Waals surface area (Å²) in [5.41, 5.74) is 2.28. The van der Waals surface area contributed by atoms with Gasteiger partial charge >= 0.3 is 0 Å². The molecule has 0 saturated carbocycles. The van der Waals surface area contributed by atoms with Crippen LogP contribution in [0.1, 0.15) is 17.5 Å². The van der Waals surface area contributed by atoms with Crippen LogP contribution in [-0.4, -0.2) is 70.5 Å². The SMILES string of the molecule is COc1cc(CNCCCN2CCOCC2)cc(Br)c1OCC(=O)NCCc1ccccc1.Cl. The zero-order valence-corrected chi connectivity index (χ0v) is 22.1. The van der Waals surface area contributed by atoms with Crippen molar-refractivity contribution < 1.29 is 19.0 Å². The molecule has 0 unspecified atom stereocenters. The first kappa shape index (κ1) is 28.4. The second-order valence-corrected chi connectivity index (χ2v) is 8.82. The Kier molecular flexibility index (Phi) is 13.3. The number of carbonyl (C=O) groups excluding carboxylic acids is 1. The molecule has 0 bridgehead atoms. The molecule has 1 fully saturated rings. The van der Waals surface area contributed by atoms with E-state index in [0.717, 1.165) is 68.8 Å². The van der Waals surface area contributed by atoms with Crippen molar-refractivity contribution in [1.82, 2.24) is 15.5 Å². The predicted octanol–water partition coefficient (Wildman–Crippen LogP) is 3.43. The first-order valence-corrected chi connectivity index (χ1v) is 12.3. The first-order chi connectivity index (χ1) is 16.2. The molecule has 1 saturated heterocycles. The van der Waals surface area contributed by atoms with Crippen molar-refractivity contribution in [2.45, 2.75) is 19.4 Å². The van der Waals surface area contributed by atoms with Crippen LogP contribution in [0.4, 0.5) is 0 Å². The number of carbonyl (C=O) groups is 1. The summed E-state index contributed by atoms with van der Waals surface area (Å²) in [6, 6.07) is 14.0. The van der Waals surface area contributed by atoms with E-state index >= 15 is 0 Å². The van der Waals surface area contributed by atoms with Crippen molar-refractivity contribution in [3.05, 3.63) is 58.1 Å². The number of benzene rings is 2. The van der Waals surface area contributed by atoms with Gasteiger partial charge in [0.25, 0.3) is 5.91 Å². The highest BCUT2D eigenvalue weighted by Crippen LogP contribution is 2.36. The van der Waals surface area contributed by atoms with Crippen LogP contribution in [-0.2, 0) is 22.5 Å². The minimum Gasteiger partial charge on any atom is -0.493 e. The molecule has 1 heterocycles. The lowest BCUT2D eigenvalue weighted by Gasteiger charge is -2.26. The number of hydrogen-bond donors (Lipinski definition) is 2. The summed E-state index contributed by atoms with van der Waals surface area (Å²) in [6.07, 6.45) is 1.88. The van der Waals surface area contributed by atoms with Crippen molar-refractivity contribution in [2.75, 3.05) is 59.7 Å². The van der Waals surface area contributed by atoms with E-state index < -0.39 is 0 Å². The second kappa shape index (κ2) is 15.9. The number of nitrogens with zero attached hydrogens (tertiary/aromatic N) is 1. The molecule has 1 amide bonds. The van der Waals surface area contributed by atoms with Crippen molar-refractivity contribution in [1.29, 1.82) is 0 Å². The van der Waals surface area contributed by atoms with Crippen LogP contribution >= 0.6 is 28.3 Å². The van der Waals surface area contributed by atoms with Crippen LogP contribution in [0.25, 0.3) is 0 Å². The minimum absolute atomic E-state index is 0. The summed E-state index contributed by atoms with van der Waals surface area (Å²) in [5.74, 6) is 0.976. The van der Waals surface area contributed by atoms with E-state index in [4.69, 9.17) is 14.2 Å². The Morgan fingerprint density at radius 3 is 2.62 bits per heavy atom. The van der Waals surface area contributed by atoms with Crippen LogP contribution in [0.2, 0.25) is 0 Å². The van der Waals surface area contributed by atoms with Crippen LogP contribution in [0, 0.1) is 0 Å². The van der Waals surface area contributed by atoms with Gasteiger partial charge in [-0.15, -0.1) is 12.4 Å². The van der Waals surface area contributed by atoms with E-state index in [1.807, 2.05) is 42.5 Å². The Balaban J connectivity index is 0.00000408. The molecule has 34 heavy (non-hydrogen) atoms. The van der Waals surface area contributed by atoms with Crippen molar-refractivity contribution >= 4 is 34.2 Å². The Hall–Kier alpha value is -1.84. The maximum atomic E-state index is 12.2. The molecule has 0 atom stereocenters. The topological polar surface area (TPSA) is 72.1 Å². The van der Waals surface area contributed by atoms with Gasteiger partial charge in [0, 0.05) is 26.2 Å². The zero-order valence-electron chi connectivity index (χ0n) is 19.7. The van der Waals surface area contributed by atoms with E-state index in [1.54, 1.807) is 7.11 Å². The van der Waals surface area contributed by atoms with Crippen LogP contribution in [0.3, 0.4) is 0 Å². The lowest BCUT2D eigenvalue weighted by Crippen LogP contribution is -2.37. The highest BCUT2D eigenvalue weighted by molar-refractivity contribution is 9.10. The number of amides is 1. The number of rotatable bonds is 13. The minimum atomic E-state index is -0.161. The van der Waals surface area contributed by atoms with Gasteiger partial charge in [-0.25, -0.2) is 0 Å². The maximum Gasteiger partial charge on any atom is 0.257 e. The third kappa shape index (κ3) is 9.80. The molecule has 188 valence electrons. The van der Waals surface area contributed by atoms with Gasteiger partial charge in [-0.05, 0) is 65.1 Å². The largest absolute Gasteiger partial charge is 0.493 e. The summed E-state index contributed by atoms with van der Waals surface area (Å²) >= 11 is 3.56. The molecular formula is C25H35BrClN3O4. The van der Waals surface area contributed by atoms with E-state index in [2.05, 4.69) is 31.5 Å². The summed E-state index contributed by atoms with van der Waals surface area (Å²) in [7, 11) is 1.61. The van der Waals surface area contributed by atoms with Gasteiger partial charge in [0.2, 0.25) is 0 Å². The lowest BCUT2D eigenvalue weighted by atomic mass is 10.1. The van der Waals surface area contributed by atoms with Gasteiger partial charge in [-0.3, -0.25) is 9.69 Å². The molecule has 9 heteroatoms. The second-order valence-electron chi connectivity index (χ2n) is 7.97. The maximum absolute atomic E-state index is 12.2. The van der Waals surface area contributed by atoms with Crippen LogP contribution < -0.4 is 20.1 Å². The van der Waals surface area contributed by atoms with Gasteiger partial charge in [0.1, 0.15) is 0 Å². The summed E-state index contributed by atoms with van der Waals surface area (Å²) in [6.45, 7) is 6.99. The molecule has 7 nitrogen and oxygen atoms in total. The molecule has 1 aliphatic rings. The van der Waals surface area contributed by atoms with Gasteiger partial charge in [0.05, 0.1) is 24.8 Å². The fourth-order valence-electron chi connectivity index (χ4n) is 3.68. The predicted molar refractivity (Wildman–Crippen MR) is 140 cm³/mol. The fraction of sp³-hybridized carbons (Fsp3) is 0.480. The molecular weight excluding hydrogens is 522 g/mol. The molecule has 2 N–H and O–H groups in total. The molecule has 0 spiro atoms. The van der Waals surface area contributed by atoms with Crippen molar-refractivity contribution in [3.63, 3.8) is 0 Å². The Morgan fingerprint density at radius 1 is 1.12 bits per heavy atom. The number of nitrogens with one attached hydrogen (secondary N) is 2. The smallest absolute Gasteiger partial charge is 0.257 e. The Labute approximate surface area is 217 Å². The molecule has 2 aromatic rings. The van der Waals surface area contributed by atoms with Gasteiger partial charge in [-0.1, -0.05) is 30.3 Å². The number of hydrogen-bond acceptors (Lipinski definition) is 6. The summed E-state index contributed by atoms with van der Waals surface area (Å²) in [5, 5.41) is 6.38. The fourth-order valence-corrected chi connectivity index (χ4v) is 4.28. The number of morpholine rings is 1. The Bertz CT molecular complexity index is 867. The normalized spacial score (nSPS) is 13.7. The van der Waals surface area contributed by atoms with Crippen molar-refractivity contribution in [3.8, 4) is 11.5 Å². The average Bonchev–Trinajstić information content (AvgIpc) is 2.84. The molecule has 1 aliphatic heterocycles. The van der Waals surface area contributed by atoms with Gasteiger partial charge < -0.3 is 24.8 Å². The standard InChI is InChI=1S/C25H34BrN3O4.ClH/c1-31-23-17-21(18-27-9-5-11-29-12-14-32-15-13-29)16-22(26)25(23)33-19-24(30)28-10-8-20-6-3-2-4-7-20;/h2-4,6-7,16-17,27H,5,8-15,18-19H2,1H3,(H,28,30);1H. The molecule has 0 radical (unpaired) electrons. The average molecular weight is 557 g/mol. The molecule has 0 aliphatic carbocycles. The highest BCUT2D eigenvalue weighted by Gasteiger charge is 2.14. The lowest BCUT2D eigenvalue weighted by molar-refractivity contribution is -0.123. The first-order valence-electron chi connectivity index (χ1n) is 11.5. The summed E-state index contributed by atoms with van der Waals surface area (Å²) in [4.78, 5) is 14.6. The number of methoxy groups -OCH3 is 1. The molecule has 3 rings (SSSR count). The number of ether oxygens (including phenoxy) is 3. The van der Waals surface area contributed by atoms with E-state index in [9.17, 15) is 4.79 Å². The quantitative estimate of drug-likeness (QED) is 0.369. The highest BCUT2D eigenvalue weighted by atomic mass is 79.9. The summed E-state index contributed by atoms with van der Waals surface area (Å²) < 4.78 is 17.4. The third-order valence-electron chi connectivity index (χ3n) is 5.48. The Morgan fingerprint density at radius 2 is 1.88 bits per heavy atom. The third-order valence-corrected chi connectivity index (χ3v) is 6.07. The van der Waals surface area contributed by atoms with E-state index in [-0.39, 0.29) is 24.9 Å². The van der Waals surface area contributed by atoms with Crippen LogP contribution in [0.15, 0.2) is 46.9 Å². The van der Waals surface area contributed by atoms with E-state index in [1.165, 1.54) is 5.56 Å². The molecule has 2 aromatic carbocycles. The van der Waals surface area contributed by atoms with E-state index in [0.29, 0.717) is 18.0 Å². The zero-order chi connectivity index (χ0) is 23.3. The van der Waals surface area contributed by atoms with Gasteiger partial charge in [0.15, 0.2) is 18.1 Å². The van der Waals surface area contributed by atoms with Crippen molar-refractivity contribution in [2.24, 2.45) is 0 Å². The van der Waals surface area contributed by atoms with Gasteiger partial charge in [-0.2, -0.15) is 0 Å².